The molecule has 1 heteroatoms. The zero-order valence-electron chi connectivity index (χ0n) is 22.6. The van der Waals surface area contributed by atoms with Crippen LogP contribution in [0.1, 0.15) is 94.1 Å². The molecule has 0 heterocycles. The number of halogens is 1. The highest BCUT2D eigenvalue weighted by atomic mass is 19.1. The van der Waals surface area contributed by atoms with Crippen molar-refractivity contribution in [2.24, 2.45) is 5.92 Å². The van der Waals surface area contributed by atoms with Gasteiger partial charge in [0.1, 0.15) is 0 Å². The minimum atomic E-state index is -0.174. The van der Waals surface area contributed by atoms with Crippen LogP contribution in [0.2, 0.25) is 0 Å². The number of allylic oxidation sites excluding steroid dienone is 1. The maximum Gasteiger partial charge on any atom is 0.0894 e. The summed E-state index contributed by atoms with van der Waals surface area (Å²) in [6, 6.07) is 27.4. The Morgan fingerprint density at radius 1 is 0.622 bits per heavy atom. The second-order valence-corrected chi connectivity index (χ2v) is 11.0. The molecule has 1 fully saturated rings. The van der Waals surface area contributed by atoms with Gasteiger partial charge in [0, 0.05) is 0 Å². The highest BCUT2D eigenvalue weighted by Gasteiger charge is 2.22. The lowest BCUT2D eigenvalue weighted by Crippen LogP contribution is -2.13. The van der Waals surface area contributed by atoms with Gasteiger partial charge in [-0.25, -0.2) is 0 Å². The number of aryl methyl sites for hydroxylation is 1. The largest absolute Gasteiger partial charge is 0.251 e. The van der Waals surface area contributed by atoms with E-state index in [-0.39, 0.29) is 6.67 Å². The van der Waals surface area contributed by atoms with Crippen molar-refractivity contribution in [2.45, 2.75) is 89.4 Å². The van der Waals surface area contributed by atoms with Gasteiger partial charge in [0.05, 0.1) is 6.67 Å². The first kappa shape index (κ1) is 27.4. The van der Waals surface area contributed by atoms with Crippen molar-refractivity contribution < 1.29 is 4.39 Å². The monoisotopic (exact) mass is 496 g/mol. The molecule has 1 aliphatic rings. The number of unbranched alkanes of at least 4 members (excludes halogenated alkanes) is 5. The van der Waals surface area contributed by atoms with E-state index in [0.29, 0.717) is 0 Å². The second kappa shape index (κ2) is 14.9. The summed E-state index contributed by atoms with van der Waals surface area (Å²) < 4.78 is 12.2. The summed E-state index contributed by atoms with van der Waals surface area (Å²) in [5.74, 6) is 1.66. The molecule has 0 bridgehead atoms. The highest BCUT2D eigenvalue weighted by molar-refractivity contribution is 5.70. The van der Waals surface area contributed by atoms with Gasteiger partial charge in [-0.3, -0.25) is 4.39 Å². The van der Waals surface area contributed by atoms with E-state index in [0.717, 1.165) is 37.5 Å². The number of benzene rings is 3. The first-order chi connectivity index (χ1) is 18.3. The molecule has 0 nitrogen and oxygen atoms in total. The van der Waals surface area contributed by atoms with Crippen LogP contribution in [0, 0.1) is 5.92 Å². The molecule has 0 atom stereocenters. The summed E-state index contributed by atoms with van der Waals surface area (Å²) in [5.41, 5.74) is 8.04. The van der Waals surface area contributed by atoms with Crippen molar-refractivity contribution in [2.75, 3.05) is 6.67 Å². The van der Waals surface area contributed by atoms with Gasteiger partial charge in [0.15, 0.2) is 0 Å². The lowest BCUT2D eigenvalue weighted by Gasteiger charge is -2.29. The van der Waals surface area contributed by atoms with Crippen LogP contribution >= 0.6 is 0 Å². The predicted octanol–water partition coefficient (Wildman–Crippen LogP) is 11.1. The van der Waals surface area contributed by atoms with Gasteiger partial charge < -0.3 is 0 Å². The van der Waals surface area contributed by atoms with E-state index in [9.17, 15) is 4.39 Å². The average molecular weight is 497 g/mol. The number of rotatable bonds is 14. The summed E-state index contributed by atoms with van der Waals surface area (Å²) in [4.78, 5) is 0. The van der Waals surface area contributed by atoms with Crippen molar-refractivity contribution in [1.82, 2.24) is 0 Å². The molecule has 0 aromatic heterocycles. The maximum absolute atomic E-state index is 12.2. The van der Waals surface area contributed by atoms with Crippen molar-refractivity contribution in [3.05, 3.63) is 96.6 Å². The molecule has 3 aromatic carbocycles. The van der Waals surface area contributed by atoms with E-state index >= 15 is 0 Å². The number of hydrogen-bond donors (Lipinski definition) is 0. The van der Waals surface area contributed by atoms with Gasteiger partial charge in [0.25, 0.3) is 0 Å². The van der Waals surface area contributed by atoms with Crippen molar-refractivity contribution in [3.63, 3.8) is 0 Å². The molecular weight excluding hydrogens is 451 g/mol. The van der Waals surface area contributed by atoms with Crippen molar-refractivity contribution >= 4 is 0 Å². The normalized spacial score (nSPS) is 17.5. The molecule has 196 valence electrons. The molecule has 0 N–H and O–H groups in total. The van der Waals surface area contributed by atoms with E-state index in [2.05, 4.69) is 85.5 Å². The third-order valence-corrected chi connectivity index (χ3v) is 8.35. The number of alkyl halides is 1. The third-order valence-electron chi connectivity index (χ3n) is 8.35. The lowest BCUT2D eigenvalue weighted by atomic mass is 9.77. The molecule has 0 aliphatic heterocycles. The molecule has 1 aliphatic carbocycles. The molecule has 37 heavy (non-hydrogen) atoms. The topological polar surface area (TPSA) is 0 Å². The van der Waals surface area contributed by atoms with Crippen LogP contribution in [0.5, 0.6) is 0 Å². The van der Waals surface area contributed by atoms with E-state index < -0.39 is 0 Å². The smallest absolute Gasteiger partial charge is 0.0894 e. The Balaban J connectivity index is 1.26. The fraction of sp³-hybridized carbons (Fsp3) is 0.444. The molecule has 0 unspecified atom stereocenters. The van der Waals surface area contributed by atoms with Crippen LogP contribution in [-0.4, -0.2) is 6.67 Å². The SMILES string of the molecule is C=CCCC[C@H]1CC[C@H](c2ccc(-c3ccc(-c4ccc(CCCCCCCF)cc4)cc3)cc2)CC1. The summed E-state index contributed by atoms with van der Waals surface area (Å²) in [6.07, 6.45) is 17.7. The quantitative estimate of drug-likeness (QED) is 0.154. The van der Waals surface area contributed by atoms with E-state index in [1.165, 1.54) is 91.2 Å². The molecule has 4 rings (SSSR count). The molecule has 0 spiro atoms. The molecule has 3 aromatic rings. The Bertz CT molecular complexity index is 1040. The Kier molecular flexibility index (Phi) is 11.0. The van der Waals surface area contributed by atoms with E-state index in [4.69, 9.17) is 0 Å². The maximum atomic E-state index is 12.2. The zero-order chi connectivity index (χ0) is 25.7. The standard InChI is InChI=1S/C36H45F/c1-2-3-7-10-29-12-16-31(17-13-29)33-20-24-35(25-21-33)36-26-22-34(23-27-36)32-18-14-30(15-19-32)11-8-5-4-6-9-28-37/h2,14-15,18-27,29,31H,1,3-13,16-17,28H2/t29-,31-. The summed E-state index contributed by atoms with van der Waals surface area (Å²) >= 11 is 0. The van der Waals surface area contributed by atoms with Crippen LogP contribution in [0.4, 0.5) is 4.39 Å². The van der Waals surface area contributed by atoms with Crippen LogP contribution in [0.15, 0.2) is 85.5 Å². The minimum absolute atomic E-state index is 0.174. The molecule has 0 radical (unpaired) electrons. The Labute approximate surface area is 225 Å². The van der Waals surface area contributed by atoms with Crippen LogP contribution < -0.4 is 0 Å². The second-order valence-electron chi connectivity index (χ2n) is 11.0. The van der Waals surface area contributed by atoms with E-state index in [1.54, 1.807) is 0 Å². The Morgan fingerprint density at radius 2 is 1.14 bits per heavy atom. The third kappa shape index (κ3) is 8.42. The van der Waals surface area contributed by atoms with Gasteiger partial charge in [-0.05, 0) is 103 Å². The minimum Gasteiger partial charge on any atom is -0.251 e. The van der Waals surface area contributed by atoms with Gasteiger partial charge in [-0.1, -0.05) is 105 Å². The molecule has 0 saturated heterocycles. The van der Waals surface area contributed by atoms with Crippen molar-refractivity contribution in [1.29, 1.82) is 0 Å². The molecule has 1 saturated carbocycles. The summed E-state index contributed by atoms with van der Waals surface area (Å²) in [5, 5.41) is 0. The van der Waals surface area contributed by atoms with Crippen LogP contribution in [-0.2, 0) is 6.42 Å². The van der Waals surface area contributed by atoms with Gasteiger partial charge in [0.2, 0.25) is 0 Å². The van der Waals surface area contributed by atoms with Gasteiger partial charge >= 0.3 is 0 Å². The van der Waals surface area contributed by atoms with Gasteiger partial charge in [-0.15, -0.1) is 6.58 Å². The van der Waals surface area contributed by atoms with Crippen molar-refractivity contribution in [3.8, 4) is 22.3 Å². The van der Waals surface area contributed by atoms with Gasteiger partial charge in [-0.2, -0.15) is 0 Å². The first-order valence-corrected chi connectivity index (χ1v) is 14.7. The first-order valence-electron chi connectivity index (χ1n) is 14.7. The lowest BCUT2D eigenvalue weighted by molar-refractivity contribution is 0.306. The van der Waals surface area contributed by atoms with Crippen LogP contribution in [0.3, 0.4) is 0 Å². The zero-order valence-corrected chi connectivity index (χ0v) is 22.6. The number of hydrogen-bond acceptors (Lipinski definition) is 0. The highest BCUT2D eigenvalue weighted by Crippen LogP contribution is 2.38. The Hall–Kier alpha value is -2.67. The van der Waals surface area contributed by atoms with Crippen LogP contribution in [0.25, 0.3) is 22.3 Å². The molecule has 0 amide bonds. The predicted molar refractivity (Wildman–Crippen MR) is 159 cm³/mol. The average Bonchev–Trinajstić information content (AvgIpc) is 2.96. The van der Waals surface area contributed by atoms with E-state index in [1.807, 2.05) is 0 Å². The summed E-state index contributed by atoms with van der Waals surface area (Å²) in [7, 11) is 0. The fourth-order valence-corrected chi connectivity index (χ4v) is 5.96. The Morgan fingerprint density at radius 3 is 1.70 bits per heavy atom. The fourth-order valence-electron chi connectivity index (χ4n) is 5.96. The molecular formula is C36H45F. The summed E-state index contributed by atoms with van der Waals surface area (Å²) in [6.45, 7) is 3.68.